The molecule has 0 unspecified atom stereocenters. The van der Waals surface area contributed by atoms with Crippen LogP contribution >= 0.6 is 11.6 Å². The van der Waals surface area contributed by atoms with E-state index in [-0.39, 0.29) is 21.2 Å². The molecule has 0 saturated heterocycles. The third kappa shape index (κ3) is 4.35. The van der Waals surface area contributed by atoms with Gasteiger partial charge in [-0.15, -0.1) is 0 Å². The summed E-state index contributed by atoms with van der Waals surface area (Å²) < 4.78 is 22.9. The Kier molecular flexibility index (Phi) is 5.03. The van der Waals surface area contributed by atoms with E-state index in [1.165, 1.54) is 18.2 Å². The molecule has 0 aliphatic carbocycles. The monoisotopic (exact) mass is 366 g/mol. The molecule has 0 radical (unpaired) electrons. The van der Waals surface area contributed by atoms with Crippen molar-refractivity contribution in [1.82, 2.24) is 0 Å². The van der Waals surface area contributed by atoms with Crippen LogP contribution in [0.1, 0.15) is 36.7 Å². The largest absolute Gasteiger partial charge is 0.322 e. The van der Waals surface area contributed by atoms with E-state index in [2.05, 4.69) is 26.1 Å². The zero-order valence-electron chi connectivity index (χ0n) is 13.6. The Hall–Kier alpha value is -1.89. The number of halogens is 1. The van der Waals surface area contributed by atoms with Crippen LogP contribution in [0.5, 0.6) is 0 Å². The minimum atomic E-state index is -3.96. The Balaban J connectivity index is 2.24. The molecular weight excluding hydrogens is 348 g/mol. The smallest absolute Gasteiger partial charge is 0.255 e. The molecule has 2 aromatic rings. The molecule has 0 fully saturated rings. The topological polar surface area (TPSA) is 89.3 Å². The van der Waals surface area contributed by atoms with Gasteiger partial charge in [0.15, 0.2) is 0 Å². The number of sulfonamides is 1. The maximum atomic E-state index is 12.3. The van der Waals surface area contributed by atoms with Crippen LogP contribution in [0.2, 0.25) is 5.02 Å². The van der Waals surface area contributed by atoms with Crippen molar-refractivity contribution in [1.29, 1.82) is 0 Å². The second kappa shape index (κ2) is 6.55. The van der Waals surface area contributed by atoms with Crippen LogP contribution < -0.4 is 10.5 Å². The Labute approximate surface area is 146 Å². The van der Waals surface area contributed by atoms with Gasteiger partial charge in [0.2, 0.25) is 10.0 Å². The minimum absolute atomic E-state index is 0.00439. The van der Waals surface area contributed by atoms with Crippen LogP contribution in [0.3, 0.4) is 0 Å². The Bertz CT molecular complexity index is 870. The molecule has 0 atom stereocenters. The van der Waals surface area contributed by atoms with Crippen LogP contribution in [-0.2, 0) is 15.4 Å². The Morgan fingerprint density at radius 1 is 1.08 bits per heavy atom. The number of amides is 1. The second-order valence-corrected chi connectivity index (χ2v) is 8.41. The number of carbonyl (C=O) groups is 1. The van der Waals surface area contributed by atoms with Gasteiger partial charge in [0, 0.05) is 11.3 Å². The summed E-state index contributed by atoms with van der Waals surface area (Å²) in [6.45, 7) is 6.26. The third-order valence-corrected chi connectivity index (χ3v) is 4.90. The fourth-order valence-corrected chi connectivity index (χ4v) is 3.20. The molecule has 0 aliphatic heterocycles. The predicted octanol–water partition coefficient (Wildman–Crippen LogP) is 3.54. The van der Waals surface area contributed by atoms with E-state index in [1.54, 1.807) is 12.1 Å². The molecule has 0 aliphatic rings. The normalized spacial score (nSPS) is 12.0. The molecule has 128 valence electrons. The van der Waals surface area contributed by atoms with Gasteiger partial charge in [-0.1, -0.05) is 44.5 Å². The van der Waals surface area contributed by atoms with Crippen LogP contribution in [-0.4, -0.2) is 14.3 Å². The number of primary sulfonamides is 1. The number of anilines is 1. The molecule has 3 N–H and O–H groups in total. The Morgan fingerprint density at radius 3 is 2.17 bits per heavy atom. The summed E-state index contributed by atoms with van der Waals surface area (Å²) >= 11 is 5.82. The predicted molar refractivity (Wildman–Crippen MR) is 95.9 cm³/mol. The summed E-state index contributed by atoms with van der Waals surface area (Å²) in [6, 6.07) is 11.4. The maximum absolute atomic E-state index is 12.3. The van der Waals surface area contributed by atoms with Crippen LogP contribution in [0.25, 0.3) is 0 Å². The lowest BCUT2D eigenvalue weighted by Crippen LogP contribution is -2.16. The summed E-state index contributed by atoms with van der Waals surface area (Å²) in [7, 11) is -3.96. The van der Waals surface area contributed by atoms with Crippen molar-refractivity contribution < 1.29 is 13.2 Å². The number of nitrogens with one attached hydrogen (secondary N) is 1. The quantitative estimate of drug-likeness (QED) is 0.870. The molecule has 2 aromatic carbocycles. The summed E-state index contributed by atoms with van der Waals surface area (Å²) in [5.41, 5.74) is 1.88. The minimum Gasteiger partial charge on any atom is -0.322 e. The van der Waals surface area contributed by atoms with Gasteiger partial charge in [-0.25, -0.2) is 13.6 Å². The molecule has 0 bridgehead atoms. The van der Waals surface area contributed by atoms with Crippen molar-refractivity contribution >= 4 is 33.2 Å². The molecule has 24 heavy (non-hydrogen) atoms. The van der Waals surface area contributed by atoms with Gasteiger partial charge in [0.25, 0.3) is 5.91 Å². The number of hydrogen-bond donors (Lipinski definition) is 2. The van der Waals surface area contributed by atoms with Crippen molar-refractivity contribution in [2.45, 2.75) is 31.1 Å². The van der Waals surface area contributed by atoms with Gasteiger partial charge in [-0.05, 0) is 41.3 Å². The molecule has 5 nitrogen and oxygen atoms in total. The van der Waals surface area contributed by atoms with Gasteiger partial charge in [-0.2, -0.15) is 0 Å². The second-order valence-electron chi connectivity index (χ2n) is 6.47. The first-order valence-corrected chi connectivity index (χ1v) is 9.15. The zero-order valence-corrected chi connectivity index (χ0v) is 15.2. The number of carbonyl (C=O) groups excluding carboxylic acids is 1. The van der Waals surface area contributed by atoms with Gasteiger partial charge in [0.05, 0.1) is 5.02 Å². The highest BCUT2D eigenvalue weighted by Crippen LogP contribution is 2.25. The zero-order chi connectivity index (χ0) is 18.1. The van der Waals surface area contributed by atoms with E-state index in [1.807, 2.05) is 12.1 Å². The first-order chi connectivity index (χ1) is 11.0. The maximum Gasteiger partial charge on any atom is 0.255 e. The van der Waals surface area contributed by atoms with Gasteiger partial charge >= 0.3 is 0 Å². The summed E-state index contributed by atoms with van der Waals surface area (Å²) in [4.78, 5) is 12.1. The SMILES string of the molecule is CC(C)(C)c1ccc(C(=O)Nc2ccc(Cl)c(S(N)(=O)=O)c2)cc1. The molecule has 0 heterocycles. The number of rotatable bonds is 3. The average Bonchev–Trinajstić information content (AvgIpc) is 2.47. The molecule has 0 spiro atoms. The Morgan fingerprint density at radius 2 is 1.67 bits per heavy atom. The van der Waals surface area contributed by atoms with Crippen molar-refractivity contribution in [3.05, 3.63) is 58.6 Å². The summed E-state index contributed by atoms with van der Waals surface area (Å²) in [5, 5.41) is 7.74. The molecule has 1 amide bonds. The molecule has 0 saturated carbocycles. The highest BCUT2D eigenvalue weighted by Gasteiger charge is 2.16. The van der Waals surface area contributed by atoms with Crippen molar-refractivity contribution in [3.8, 4) is 0 Å². The lowest BCUT2D eigenvalue weighted by Gasteiger charge is -2.19. The standard InChI is InChI=1S/C17H19ClN2O3S/c1-17(2,3)12-6-4-11(5-7-12)16(21)20-13-8-9-14(18)15(10-13)24(19,22)23/h4-10H,1-3H3,(H,20,21)(H2,19,22,23). The first-order valence-electron chi connectivity index (χ1n) is 7.23. The van der Waals surface area contributed by atoms with E-state index in [0.29, 0.717) is 11.3 Å². The van der Waals surface area contributed by atoms with E-state index in [4.69, 9.17) is 16.7 Å². The molecule has 0 aromatic heterocycles. The van der Waals surface area contributed by atoms with Gasteiger partial charge in [-0.3, -0.25) is 4.79 Å². The van der Waals surface area contributed by atoms with Crippen LogP contribution in [0.4, 0.5) is 5.69 Å². The number of nitrogens with two attached hydrogens (primary N) is 1. The van der Waals surface area contributed by atoms with E-state index in [9.17, 15) is 13.2 Å². The van der Waals surface area contributed by atoms with Crippen LogP contribution in [0.15, 0.2) is 47.4 Å². The molecule has 7 heteroatoms. The third-order valence-electron chi connectivity index (χ3n) is 3.51. The lowest BCUT2D eigenvalue weighted by atomic mass is 9.87. The number of hydrogen-bond acceptors (Lipinski definition) is 3. The summed E-state index contributed by atoms with van der Waals surface area (Å²) in [6.07, 6.45) is 0. The highest BCUT2D eigenvalue weighted by molar-refractivity contribution is 7.89. The van der Waals surface area contributed by atoms with Crippen molar-refractivity contribution in [2.24, 2.45) is 5.14 Å². The summed E-state index contributed by atoms with van der Waals surface area (Å²) in [5.74, 6) is -0.349. The van der Waals surface area contributed by atoms with Crippen molar-refractivity contribution in [2.75, 3.05) is 5.32 Å². The van der Waals surface area contributed by atoms with E-state index < -0.39 is 10.0 Å². The molecular formula is C17H19ClN2O3S. The fourth-order valence-electron chi connectivity index (χ4n) is 2.12. The van der Waals surface area contributed by atoms with Crippen molar-refractivity contribution in [3.63, 3.8) is 0 Å². The van der Waals surface area contributed by atoms with Gasteiger partial charge in [0.1, 0.15) is 4.90 Å². The average molecular weight is 367 g/mol. The highest BCUT2D eigenvalue weighted by atomic mass is 35.5. The number of benzene rings is 2. The van der Waals surface area contributed by atoms with E-state index in [0.717, 1.165) is 5.56 Å². The lowest BCUT2D eigenvalue weighted by molar-refractivity contribution is 0.102. The van der Waals surface area contributed by atoms with Gasteiger partial charge < -0.3 is 5.32 Å². The molecule has 2 rings (SSSR count). The van der Waals surface area contributed by atoms with Crippen LogP contribution in [0, 0.1) is 0 Å². The first kappa shape index (κ1) is 18.4. The fraction of sp³-hybridized carbons (Fsp3) is 0.235. The van der Waals surface area contributed by atoms with E-state index >= 15 is 0 Å².